The van der Waals surface area contributed by atoms with Crippen LogP contribution in [0, 0.1) is 13.8 Å². The summed E-state index contributed by atoms with van der Waals surface area (Å²) in [6.07, 6.45) is 2.55. The normalized spacial score (nSPS) is 16.7. The van der Waals surface area contributed by atoms with Gasteiger partial charge in [-0.05, 0) is 45.6 Å². The summed E-state index contributed by atoms with van der Waals surface area (Å²) in [6.45, 7) is 7.90. The molecule has 0 aliphatic carbocycles. The van der Waals surface area contributed by atoms with Gasteiger partial charge in [-0.3, -0.25) is 4.99 Å². The molecule has 27 heavy (non-hydrogen) atoms. The van der Waals surface area contributed by atoms with E-state index in [0.717, 1.165) is 31.8 Å². The third-order valence-corrected chi connectivity index (χ3v) is 6.65. The highest BCUT2D eigenvalue weighted by molar-refractivity contribution is 14.0. The van der Waals surface area contributed by atoms with Crippen LogP contribution in [-0.2, 0) is 16.4 Å². The number of nitrogens with one attached hydrogen (secondary N) is 2. The smallest absolute Gasteiger partial charge is 0.213 e. The average molecular weight is 508 g/mol. The minimum absolute atomic E-state index is 0. The highest BCUT2D eigenvalue weighted by atomic mass is 127. The Hall–Kier alpha value is -0.870. The Morgan fingerprint density at radius 1 is 1.19 bits per heavy atom. The third kappa shape index (κ3) is 7.57. The molecule has 0 radical (unpaired) electrons. The zero-order valence-corrected chi connectivity index (χ0v) is 19.9. The van der Waals surface area contributed by atoms with Crippen LogP contribution in [0.5, 0.6) is 0 Å². The molecular weight excluding hydrogens is 475 g/mol. The van der Waals surface area contributed by atoms with Crippen LogP contribution in [0.1, 0.15) is 36.5 Å². The number of hydrogen-bond donors (Lipinski definition) is 2. The summed E-state index contributed by atoms with van der Waals surface area (Å²) in [4.78, 5) is 4.29. The second kappa shape index (κ2) is 11.2. The van der Waals surface area contributed by atoms with Crippen molar-refractivity contribution in [1.29, 1.82) is 0 Å². The minimum Gasteiger partial charge on any atom is -0.356 e. The van der Waals surface area contributed by atoms with Crippen LogP contribution in [0.15, 0.2) is 23.2 Å². The Kier molecular flexibility index (Phi) is 10.0. The maximum absolute atomic E-state index is 11.9. The predicted octanol–water partition coefficient (Wildman–Crippen LogP) is 2.44. The summed E-state index contributed by atoms with van der Waals surface area (Å²) in [6, 6.07) is 6.87. The van der Waals surface area contributed by atoms with E-state index in [1.54, 1.807) is 18.3 Å². The van der Waals surface area contributed by atoms with Crippen molar-refractivity contribution in [3.8, 4) is 0 Å². The van der Waals surface area contributed by atoms with Gasteiger partial charge in [0.25, 0.3) is 0 Å². The van der Waals surface area contributed by atoms with Crippen LogP contribution >= 0.6 is 24.0 Å². The molecule has 154 valence electrons. The molecule has 0 unspecified atom stereocenters. The summed E-state index contributed by atoms with van der Waals surface area (Å²) in [7, 11) is -1.30. The molecule has 1 heterocycles. The first kappa shape index (κ1) is 24.2. The second-order valence-electron chi connectivity index (χ2n) is 6.96. The molecule has 0 spiro atoms. The van der Waals surface area contributed by atoms with Gasteiger partial charge >= 0.3 is 0 Å². The summed E-state index contributed by atoms with van der Waals surface area (Å²) in [5.41, 5.74) is 3.90. The van der Waals surface area contributed by atoms with E-state index < -0.39 is 10.0 Å². The molecule has 0 amide bonds. The molecule has 0 atom stereocenters. The lowest BCUT2D eigenvalue weighted by molar-refractivity contribution is 0.306. The van der Waals surface area contributed by atoms with Crippen molar-refractivity contribution in [3.05, 3.63) is 34.9 Å². The first-order valence-electron chi connectivity index (χ1n) is 9.36. The van der Waals surface area contributed by atoms with Gasteiger partial charge in [-0.2, -0.15) is 0 Å². The molecule has 2 rings (SSSR count). The second-order valence-corrected chi connectivity index (χ2v) is 9.22. The van der Waals surface area contributed by atoms with Crippen molar-refractivity contribution < 1.29 is 8.42 Å². The lowest BCUT2D eigenvalue weighted by atomic mass is 10.1. The van der Waals surface area contributed by atoms with Crippen LogP contribution in [0.3, 0.4) is 0 Å². The van der Waals surface area contributed by atoms with E-state index in [1.165, 1.54) is 16.7 Å². The fourth-order valence-corrected chi connectivity index (χ4v) is 4.52. The first-order valence-corrected chi connectivity index (χ1v) is 11.0. The highest BCUT2D eigenvalue weighted by Gasteiger charge is 2.26. The number of aliphatic imine (C=N–C) groups is 1. The highest BCUT2D eigenvalue weighted by Crippen LogP contribution is 2.14. The van der Waals surface area contributed by atoms with E-state index in [1.807, 2.05) is 0 Å². The largest absolute Gasteiger partial charge is 0.356 e. The number of piperidine rings is 1. The van der Waals surface area contributed by atoms with Crippen molar-refractivity contribution in [3.63, 3.8) is 0 Å². The summed E-state index contributed by atoms with van der Waals surface area (Å²) < 4.78 is 25.5. The monoisotopic (exact) mass is 508 g/mol. The maximum Gasteiger partial charge on any atom is 0.213 e. The molecule has 0 aromatic heterocycles. The molecule has 1 aliphatic rings. The van der Waals surface area contributed by atoms with Crippen molar-refractivity contribution in [2.24, 2.45) is 4.99 Å². The number of sulfonamides is 1. The lowest BCUT2D eigenvalue weighted by Crippen LogP contribution is -2.50. The van der Waals surface area contributed by atoms with E-state index in [9.17, 15) is 8.42 Å². The Morgan fingerprint density at radius 2 is 1.78 bits per heavy atom. The topological polar surface area (TPSA) is 73.8 Å². The van der Waals surface area contributed by atoms with E-state index in [0.29, 0.717) is 13.1 Å². The van der Waals surface area contributed by atoms with Gasteiger partial charge in [-0.15, -0.1) is 24.0 Å². The Balaban J connectivity index is 0.00000364. The Morgan fingerprint density at radius 3 is 2.30 bits per heavy atom. The number of nitrogens with zero attached hydrogens (tertiary/aromatic N) is 2. The molecule has 1 fully saturated rings. The number of aryl methyl sites for hydroxylation is 2. The first-order chi connectivity index (χ1) is 12.3. The third-order valence-electron chi connectivity index (χ3n) is 4.76. The molecule has 1 aromatic carbocycles. The van der Waals surface area contributed by atoms with Gasteiger partial charge in [0, 0.05) is 32.7 Å². The molecule has 1 aliphatic heterocycles. The van der Waals surface area contributed by atoms with Crippen LogP contribution in [-0.4, -0.2) is 57.2 Å². The summed E-state index contributed by atoms with van der Waals surface area (Å²) in [5, 5.41) is 6.79. The van der Waals surface area contributed by atoms with Crippen LogP contribution in [0.25, 0.3) is 0 Å². The summed E-state index contributed by atoms with van der Waals surface area (Å²) >= 11 is 0. The van der Waals surface area contributed by atoms with Crippen molar-refractivity contribution in [1.82, 2.24) is 14.9 Å². The molecule has 1 saturated heterocycles. The van der Waals surface area contributed by atoms with Crippen LogP contribution < -0.4 is 10.6 Å². The van der Waals surface area contributed by atoms with Crippen LogP contribution in [0.2, 0.25) is 0 Å². The fourth-order valence-electron chi connectivity index (χ4n) is 3.39. The number of guanidine groups is 1. The number of benzene rings is 1. The van der Waals surface area contributed by atoms with Gasteiger partial charge in [0.05, 0.1) is 5.75 Å². The fraction of sp³-hybridized carbons (Fsp3) is 0.632. The number of hydrogen-bond acceptors (Lipinski definition) is 3. The zero-order chi connectivity index (χ0) is 19.2. The standard InChI is InChI=1S/C19H32N4O2S.HI/c1-5-26(24,25)23-10-7-18(8-11-23)22-19(20-4)21-9-6-17-13-15(2)12-16(3)14-17;/h12-14,18H,5-11H2,1-4H3,(H2,20,21,22);1H. The van der Waals surface area contributed by atoms with Gasteiger partial charge in [-0.1, -0.05) is 29.3 Å². The van der Waals surface area contributed by atoms with E-state index in [-0.39, 0.29) is 35.8 Å². The van der Waals surface area contributed by atoms with Gasteiger partial charge in [-0.25, -0.2) is 12.7 Å². The minimum atomic E-state index is -3.07. The molecule has 6 nitrogen and oxygen atoms in total. The number of halogens is 1. The molecule has 1 aromatic rings. The molecule has 0 bridgehead atoms. The quantitative estimate of drug-likeness (QED) is 0.352. The van der Waals surface area contributed by atoms with Gasteiger partial charge < -0.3 is 10.6 Å². The average Bonchev–Trinajstić information content (AvgIpc) is 2.60. The van der Waals surface area contributed by atoms with Gasteiger partial charge in [0.1, 0.15) is 0 Å². The SMILES string of the molecule is CCS(=O)(=O)N1CCC(NC(=NC)NCCc2cc(C)cc(C)c2)CC1.I. The van der Waals surface area contributed by atoms with Gasteiger partial charge in [0.15, 0.2) is 5.96 Å². The molecular formula is C19H33IN4O2S. The molecule has 0 saturated carbocycles. The van der Waals surface area contributed by atoms with E-state index in [2.05, 4.69) is 47.7 Å². The Labute approximate surface area is 181 Å². The van der Waals surface area contributed by atoms with E-state index in [4.69, 9.17) is 0 Å². The van der Waals surface area contributed by atoms with Crippen LogP contribution in [0.4, 0.5) is 0 Å². The molecule has 2 N–H and O–H groups in total. The summed E-state index contributed by atoms with van der Waals surface area (Å²) in [5.74, 6) is 0.957. The van der Waals surface area contributed by atoms with E-state index >= 15 is 0 Å². The maximum atomic E-state index is 11.9. The van der Waals surface area contributed by atoms with Crippen molar-refractivity contribution in [2.75, 3.05) is 32.4 Å². The number of rotatable bonds is 6. The lowest BCUT2D eigenvalue weighted by Gasteiger charge is -2.32. The Bertz CT molecular complexity index is 709. The van der Waals surface area contributed by atoms with Crippen molar-refractivity contribution in [2.45, 2.75) is 46.1 Å². The van der Waals surface area contributed by atoms with Gasteiger partial charge in [0.2, 0.25) is 10.0 Å². The molecule has 8 heteroatoms. The van der Waals surface area contributed by atoms with Crippen molar-refractivity contribution >= 4 is 40.0 Å². The predicted molar refractivity (Wildman–Crippen MR) is 124 cm³/mol. The zero-order valence-electron chi connectivity index (χ0n) is 16.8.